The minimum Gasteiger partial charge on any atom is -0.295 e. The van der Waals surface area contributed by atoms with Gasteiger partial charge in [0.2, 0.25) is 0 Å². The maximum absolute atomic E-state index is 11.9. The summed E-state index contributed by atoms with van der Waals surface area (Å²) in [6, 6.07) is 0. The third-order valence-electron chi connectivity index (χ3n) is 3.24. The van der Waals surface area contributed by atoms with Crippen LogP contribution in [-0.4, -0.2) is 5.78 Å². The minimum absolute atomic E-state index is 0.422. The second-order valence-electron chi connectivity index (χ2n) is 5.37. The zero-order valence-electron chi connectivity index (χ0n) is 10.6. The second kappa shape index (κ2) is 5.48. The molecule has 86 valence electrons. The van der Waals surface area contributed by atoms with Gasteiger partial charge in [0.15, 0.2) is 5.78 Å². The molecule has 0 heterocycles. The molecular weight excluding hydrogens is 184 g/mol. The first-order chi connectivity index (χ1) is 7.02. The first-order valence-electron chi connectivity index (χ1n) is 6.27. The lowest BCUT2D eigenvalue weighted by Crippen LogP contribution is -2.15. The molecule has 0 saturated carbocycles. The lowest BCUT2D eigenvalue weighted by atomic mass is 9.82. The van der Waals surface area contributed by atoms with Crippen LogP contribution in [0.4, 0.5) is 0 Å². The third kappa shape index (κ3) is 3.48. The minimum atomic E-state index is 0.422. The van der Waals surface area contributed by atoms with Crippen LogP contribution >= 0.6 is 0 Å². The molecule has 0 bridgehead atoms. The highest BCUT2D eigenvalue weighted by Gasteiger charge is 2.21. The fraction of sp³-hybridized carbons (Fsp3) is 0.786. The highest BCUT2D eigenvalue weighted by molar-refractivity contribution is 5.96. The Kier molecular flexibility index (Phi) is 4.56. The molecule has 0 radical (unpaired) electrons. The molecule has 0 aromatic heterocycles. The molecule has 1 aliphatic rings. The van der Waals surface area contributed by atoms with Gasteiger partial charge in [0.25, 0.3) is 0 Å². The first-order valence-corrected chi connectivity index (χ1v) is 6.27. The van der Waals surface area contributed by atoms with Crippen LogP contribution in [-0.2, 0) is 4.79 Å². The van der Waals surface area contributed by atoms with Crippen LogP contribution in [0, 0.1) is 11.8 Å². The van der Waals surface area contributed by atoms with E-state index in [-0.39, 0.29) is 0 Å². The van der Waals surface area contributed by atoms with E-state index < -0.39 is 0 Å². The smallest absolute Gasteiger partial charge is 0.158 e. The van der Waals surface area contributed by atoms with E-state index in [1.165, 1.54) is 11.1 Å². The van der Waals surface area contributed by atoms with Crippen molar-refractivity contribution in [2.75, 3.05) is 0 Å². The van der Waals surface area contributed by atoms with Gasteiger partial charge < -0.3 is 0 Å². The van der Waals surface area contributed by atoms with Gasteiger partial charge in [-0.05, 0) is 43.1 Å². The normalized spacial score (nSPS) is 18.1. The van der Waals surface area contributed by atoms with Gasteiger partial charge in [0, 0.05) is 6.42 Å². The molecule has 1 rings (SSSR count). The first kappa shape index (κ1) is 12.5. The summed E-state index contributed by atoms with van der Waals surface area (Å²) >= 11 is 0. The average molecular weight is 208 g/mol. The number of Topliss-reactive ketones (excluding diaryl/α,β-unsaturated/α-hetero) is 1. The fourth-order valence-corrected chi connectivity index (χ4v) is 2.29. The SMILES string of the molecule is CC(C)CCC1=C(C(C)C)CCCC1=O. The monoisotopic (exact) mass is 208 g/mol. The molecule has 1 heteroatoms. The van der Waals surface area contributed by atoms with E-state index in [1.807, 2.05) is 0 Å². The second-order valence-corrected chi connectivity index (χ2v) is 5.37. The summed E-state index contributed by atoms with van der Waals surface area (Å²) < 4.78 is 0. The largest absolute Gasteiger partial charge is 0.295 e. The molecule has 0 saturated heterocycles. The van der Waals surface area contributed by atoms with Crippen molar-refractivity contribution in [2.45, 2.75) is 59.8 Å². The van der Waals surface area contributed by atoms with Crippen LogP contribution in [0.1, 0.15) is 59.8 Å². The molecular formula is C14H24O. The van der Waals surface area contributed by atoms with Gasteiger partial charge in [0.05, 0.1) is 0 Å². The zero-order valence-corrected chi connectivity index (χ0v) is 10.6. The Morgan fingerprint density at radius 1 is 1.13 bits per heavy atom. The van der Waals surface area contributed by atoms with Gasteiger partial charge in [0.1, 0.15) is 0 Å². The van der Waals surface area contributed by atoms with Crippen molar-refractivity contribution in [3.63, 3.8) is 0 Å². The topological polar surface area (TPSA) is 17.1 Å². The zero-order chi connectivity index (χ0) is 11.4. The van der Waals surface area contributed by atoms with Crippen LogP contribution < -0.4 is 0 Å². The molecule has 1 aliphatic carbocycles. The number of carbonyl (C=O) groups is 1. The molecule has 1 nitrogen and oxygen atoms in total. The van der Waals surface area contributed by atoms with E-state index in [9.17, 15) is 4.79 Å². The van der Waals surface area contributed by atoms with Crippen molar-refractivity contribution in [2.24, 2.45) is 11.8 Å². The van der Waals surface area contributed by atoms with Gasteiger partial charge in [-0.3, -0.25) is 4.79 Å². The number of carbonyl (C=O) groups excluding carboxylic acids is 1. The molecule has 0 aromatic rings. The van der Waals surface area contributed by atoms with Crippen molar-refractivity contribution >= 4 is 5.78 Å². The molecule has 0 spiro atoms. The van der Waals surface area contributed by atoms with Crippen LogP contribution in [0.5, 0.6) is 0 Å². The van der Waals surface area contributed by atoms with E-state index in [4.69, 9.17) is 0 Å². The summed E-state index contributed by atoms with van der Waals surface area (Å²) in [7, 11) is 0. The highest BCUT2D eigenvalue weighted by Crippen LogP contribution is 2.31. The average Bonchev–Trinajstić information content (AvgIpc) is 2.15. The van der Waals surface area contributed by atoms with Gasteiger partial charge in [-0.15, -0.1) is 0 Å². The Balaban J connectivity index is 2.78. The Labute approximate surface area is 93.9 Å². The molecule has 0 unspecified atom stereocenters. The van der Waals surface area contributed by atoms with Crippen molar-refractivity contribution in [1.82, 2.24) is 0 Å². The van der Waals surface area contributed by atoms with Crippen molar-refractivity contribution < 1.29 is 4.79 Å². The number of hydrogen-bond acceptors (Lipinski definition) is 1. The van der Waals surface area contributed by atoms with Crippen LogP contribution in [0.15, 0.2) is 11.1 Å². The molecule has 0 amide bonds. The molecule has 15 heavy (non-hydrogen) atoms. The van der Waals surface area contributed by atoms with Crippen LogP contribution in [0.2, 0.25) is 0 Å². The predicted octanol–water partition coefficient (Wildman–Crippen LogP) is 4.13. The Morgan fingerprint density at radius 3 is 2.33 bits per heavy atom. The van der Waals surface area contributed by atoms with Crippen molar-refractivity contribution in [3.8, 4) is 0 Å². The Morgan fingerprint density at radius 2 is 1.80 bits per heavy atom. The summed E-state index contributed by atoms with van der Waals surface area (Å²) in [5.74, 6) is 1.67. The summed E-state index contributed by atoms with van der Waals surface area (Å²) in [6.45, 7) is 8.87. The maximum atomic E-state index is 11.9. The fourth-order valence-electron chi connectivity index (χ4n) is 2.29. The molecule has 0 aliphatic heterocycles. The number of rotatable bonds is 4. The molecule has 0 fully saturated rings. The van der Waals surface area contributed by atoms with Gasteiger partial charge in [-0.2, -0.15) is 0 Å². The van der Waals surface area contributed by atoms with E-state index >= 15 is 0 Å². The Hall–Kier alpha value is -0.590. The Bertz CT molecular complexity index is 259. The van der Waals surface area contributed by atoms with E-state index in [0.717, 1.165) is 32.1 Å². The maximum Gasteiger partial charge on any atom is 0.158 e. The van der Waals surface area contributed by atoms with E-state index in [0.29, 0.717) is 17.6 Å². The lowest BCUT2D eigenvalue weighted by molar-refractivity contribution is -0.116. The predicted molar refractivity (Wildman–Crippen MR) is 64.8 cm³/mol. The van der Waals surface area contributed by atoms with Gasteiger partial charge >= 0.3 is 0 Å². The van der Waals surface area contributed by atoms with Crippen molar-refractivity contribution in [3.05, 3.63) is 11.1 Å². The van der Waals surface area contributed by atoms with E-state index in [1.54, 1.807) is 0 Å². The van der Waals surface area contributed by atoms with Crippen LogP contribution in [0.3, 0.4) is 0 Å². The standard InChI is InChI=1S/C14H24O/c1-10(2)8-9-13-12(11(3)4)6-5-7-14(13)15/h10-11H,5-9H2,1-4H3. The molecule has 0 aromatic carbocycles. The molecule has 0 N–H and O–H groups in total. The summed E-state index contributed by atoms with van der Waals surface area (Å²) in [6.07, 6.45) is 5.15. The quantitative estimate of drug-likeness (QED) is 0.679. The van der Waals surface area contributed by atoms with Gasteiger partial charge in [-0.1, -0.05) is 33.3 Å². The third-order valence-corrected chi connectivity index (χ3v) is 3.24. The molecule has 0 atom stereocenters. The van der Waals surface area contributed by atoms with E-state index in [2.05, 4.69) is 27.7 Å². The number of ketones is 1. The summed E-state index contributed by atoms with van der Waals surface area (Å²) in [5, 5.41) is 0. The number of allylic oxidation sites excluding steroid dienone is 2. The van der Waals surface area contributed by atoms with Crippen LogP contribution in [0.25, 0.3) is 0 Å². The van der Waals surface area contributed by atoms with Crippen molar-refractivity contribution in [1.29, 1.82) is 0 Å². The lowest BCUT2D eigenvalue weighted by Gasteiger charge is -2.22. The summed E-state index contributed by atoms with van der Waals surface area (Å²) in [4.78, 5) is 11.9. The number of hydrogen-bond donors (Lipinski definition) is 0. The highest BCUT2D eigenvalue weighted by atomic mass is 16.1. The van der Waals surface area contributed by atoms with Gasteiger partial charge in [-0.25, -0.2) is 0 Å². The summed E-state index contributed by atoms with van der Waals surface area (Å²) in [5.41, 5.74) is 2.61.